The molecule has 6 nitrogen and oxygen atoms in total. The van der Waals surface area contributed by atoms with Gasteiger partial charge >= 0.3 is 0 Å². The molecule has 0 aliphatic carbocycles. The van der Waals surface area contributed by atoms with E-state index >= 15 is 0 Å². The summed E-state index contributed by atoms with van der Waals surface area (Å²) in [5, 5.41) is 11.5. The van der Waals surface area contributed by atoms with Gasteiger partial charge in [-0.3, -0.25) is 4.79 Å². The highest BCUT2D eigenvalue weighted by Crippen LogP contribution is 2.19. The quantitative estimate of drug-likeness (QED) is 0.303. The Kier molecular flexibility index (Phi) is 7.44. The minimum Gasteiger partial charge on any atom is -0.409 e. The first-order valence-electron chi connectivity index (χ1n) is 6.61. The molecule has 0 rings (SSSR count). The standard InChI is InChI=1S/C13H27N3O3/c1-6-13(4,19-5)12(17)16(9-10(2)3)8-7-11(14)15-18/h10,18H,6-9H2,1-5H3,(H2,14,15). The van der Waals surface area contributed by atoms with E-state index < -0.39 is 5.60 Å². The van der Waals surface area contributed by atoms with Crippen LogP contribution in [0.2, 0.25) is 0 Å². The van der Waals surface area contributed by atoms with Gasteiger partial charge in [-0.1, -0.05) is 25.9 Å². The van der Waals surface area contributed by atoms with Gasteiger partial charge in [0, 0.05) is 26.6 Å². The van der Waals surface area contributed by atoms with E-state index in [0.717, 1.165) is 0 Å². The molecule has 0 aromatic rings. The van der Waals surface area contributed by atoms with Crippen LogP contribution in [0.3, 0.4) is 0 Å². The van der Waals surface area contributed by atoms with Crippen LogP contribution in [0, 0.1) is 5.92 Å². The fraction of sp³-hybridized carbons (Fsp3) is 0.846. The molecular weight excluding hydrogens is 246 g/mol. The molecule has 1 amide bonds. The second-order valence-electron chi connectivity index (χ2n) is 5.27. The van der Waals surface area contributed by atoms with Gasteiger partial charge in [0.15, 0.2) is 0 Å². The van der Waals surface area contributed by atoms with Crippen LogP contribution in [0.5, 0.6) is 0 Å². The maximum atomic E-state index is 12.5. The largest absolute Gasteiger partial charge is 0.409 e. The third-order valence-electron chi connectivity index (χ3n) is 3.22. The number of hydrogen-bond donors (Lipinski definition) is 2. The van der Waals surface area contributed by atoms with Crippen molar-refractivity contribution in [3.63, 3.8) is 0 Å². The molecule has 112 valence electrons. The van der Waals surface area contributed by atoms with Gasteiger partial charge in [-0.05, 0) is 19.3 Å². The normalized spacial score (nSPS) is 15.4. The topological polar surface area (TPSA) is 88.2 Å². The van der Waals surface area contributed by atoms with E-state index in [2.05, 4.69) is 5.16 Å². The number of oxime groups is 1. The average molecular weight is 273 g/mol. The van der Waals surface area contributed by atoms with Crippen molar-refractivity contribution in [2.45, 2.75) is 46.1 Å². The summed E-state index contributed by atoms with van der Waals surface area (Å²) in [6.07, 6.45) is 0.943. The summed E-state index contributed by atoms with van der Waals surface area (Å²) in [5.41, 5.74) is 4.64. The summed E-state index contributed by atoms with van der Waals surface area (Å²) in [6.45, 7) is 8.83. The maximum Gasteiger partial charge on any atom is 0.254 e. The predicted octanol–water partition coefficient (Wildman–Crippen LogP) is 1.42. The van der Waals surface area contributed by atoms with Crippen LogP contribution in [0.15, 0.2) is 5.16 Å². The Morgan fingerprint density at radius 2 is 2.11 bits per heavy atom. The fourth-order valence-corrected chi connectivity index (χ4v) is 1.73. The third kappa shape index (κ3) is 5.46. The van der Waals surface area contributed by atoms with Crippen LogP contribution in [0.25, 0.3) is 0 Å². The number of methoxy groups -OCH3 is 1. The molecule has 0 fully saturated rings. The molecule has 1 atom stereocenters. The second-order valence-corrected chi connectivity index (χ2v) is 5.27. The molecule has 0 saturated carbocycles. The highest BCUT2D eigenvalue weighted by molar-refractivity contribution is 5.86. The number of ether oxygens (including phenoxy) is 1. The first kappa shape index (κ1) is 17.7. The van der Waals surface area contributed by atoms with E-state index in [4.69, 9.17) is 15.7 Å². The summed E-state index contributed by atoms with van der Waals surface area (Å²) in [5.74, 6) is 0.406. The lowest BCUT2D eigenvalue weighted by Crippen LogP contribution is -2.50. The molecule has 0 aliphatic rings. The van der Waals surface area contributed by atoms with Gasteiger partial charge in [0.05, 0.1) is 0 Å². The van der Waals surface area contributed by atoms with Gasteiger partial charge in [0.25, 0.3) is 5.91 Å². The molecule has 0 saturated heterocycles. The molecule has 6 heteroatoms. The lowest BCUT2D eigenvalue weighted by Gasteiger charge is -2.33. The zero-order valence-corrected chi connectivity index (χ0v) is 12.6. The van der Waals surface area contributed by atoms with Crippen LogP contribution in [-0.2, 0) is 9.53 Å². The second kappa shape index (κ2) is 7.99. The Hall–Kier alpha value is -1.30. The number of hydrogen-bond acceptors (Lipinski definition) is 4. The van der Waals surface area contributed by atoms with Gasteiger partial charge in [-0.25, -0.2) is 0 Å². The third-order valence-corrected chi connectivity index (χ3v) is 3.22. The number of rotatable bonds is 8. The zero-order valence-electron chi connectivity index (χ0n) is 12.6. The van der Waals surface area contributed by atoms with Crippen LogP contribution < -0.4 is 5.73 Å². The number of amides is 1. The molecule has 0 aromatic heterocycles. The SMILES string of the molecule is CCC(C)(OC)C(=O)N(CCC(N)=NO)CC(C)C. The summed E-state index contributed by atoms with van der Waals surface area (Å²) in [7, 11) is 1.54. The minimum atomic E-state index is -0.819. The van der Waals surface area contributed by atoms with Crippen molar-refractivity contribution in [3.8, 4) is 0 Å². The first-order valence-corrected chi connectivity index (χ1v) is 6.61. The van der Waals surface area contributed by atoms with Crippen LogP contribution >= 0.6 is 0 Å². The monoisotopic (exact) mass is 273 g/mol. The molecule has 3 N–H and O–H groups in total. The van der Waals surface area contributed by atoms with Gasteiger partial charge in [-0.2, -0.15) is 0 Å². The predicted molar refractivity (Wildman–Crippen MR) is 75.1 cm³/mol. The molecule has 0 radical (unpaired) electrons. The van der Waals surface area contributed by atoms with Crippen molar-refractivity contribution in [3.05, 3.63) is 0 Å². The fourth-order valence-electron chi connectivity index (χ4n) is 1.73. The maximum absolute atomic E-state index is 12.5. The summed E-state index contributed by atoms with van der Waals surface area (Å²) < 4.78 is 5.34. The van der Waals surface area contributed by atoms with Crippen LogP contribution in [-0.4, -0.2) is 47.7 Å². The molecule has 0 spiro atoms. The summed E-state index contributed by atoms with van der Waals surface area (Å²) >= 11 is 0. The lowest BCUT2D eigenvalue weighted by molar-refractivity contribution is -0.153. The van der Waals surface area contributed by atoms with Crippen molar-refractivity contribution < 1.29 is 14.7 Å². The van der Waals surface area contributed by atoms with Gasteiger partial charge in [0.1, 0.15) is 11.4 Å². The summed E-state index contributed by atoms with van der Waals surface area (Å²) in [4.78, 5) is 14.2. The Bertz CT molecular complexity index is 312. The number of nitrogens with two attached hydrogens (primary N) is 1. The van der Waals surface area contributed by atoms with E-state index in [1.165, 1.54) is 0 Å². The molecule has 19 heavy (non-hydrogen) atoms. The highest BCUT2D eigenvalue weighted by atomic mass is 16.5. The van der Waals surface area contributed by atoms with Crippen molar-refractivity contribution >= 4 is 11.7 Å². The zero-order chi connectivity index (χ0) is 15.1. The van der Waals surface area contributed by atoms with Gasteiger partial charge < -0.3 is 20.6 Å². The highest BCUT2D eigenvalue weighted by Gasteiger charge is 2.35. The lowest BCUT2D eigenvalue weighted by atomic mass is 10.0. The summed E-state index contributed by atoms with van der Waals surface area (Å²) in [6, 6.07) is 0. The number of carbonyl (C=O) groups is 1. The van der Waals surface area contributed by atoms with Crippen molar-refractivity contribution in [2.75, 3.05) is 20.2 Å². The van der Waals surface area contributed by atoms with E-state index in [1.54, 1.807) is 18.9 Å². The van der Waals surface area contributed by atoms with E-state index in [1.807, 2.05) is 20.8 Å². The molecular formula is C13H27N3O3. The van der Waals surface area contributed by atoms with Crippen molar-refractivity contribution in [1.82, 2.24) is 4.90 Å². The number of amidine groups is 1. The number of nitrogens with zero attached hydrogens (tertiary/aromatic N) is 2. The minimum absolute atomic E-state index is 0.0584. The van der Waals surface area contributed by atoms with Crippen LogP contribution in [0.4, 0.5) is 0 Å². The molecule has 0 heterocycles. The Balaban J connectivity index is 4.88. The Morgan fingerprint density at radius 3 is 2.47 bits per heavy atom. The smallest absolute Gasteiger partial charge is 0.254 e. The number of carbonyl (C=O) groups excluding carboxylic acids is 1. The van der Waals surface area contributed by atoms with Gasteiger partial charge in [-0.15, -0.1) is 0 Å². The molecule has 0 aliphatic heterocycles. The Labute approximate surface area is 115 Å². The average Bonchev–Trinajstić information content (AvgIpc) is 2.40. The van der Waals surface area contributed by atoms with Gasteiger partial charge in [0.2, 0.25) is 0 Å². The van der Waals surface area contributed by atoms with E-state index in [-0.39, 0.29) is 11.7 Å². The van der Waals surface area contributed by atoms with Crippen molar-refractivity contribution in [2.24, 2.45) is 16.8 Å². The van der Waals surface area contributed by atoms with Crippen LogP contribution in [0.1, 0.15) is 40.5 Å². The Morgan fingerprint density at radius 1 is 1.53 bits per heavy atom. The molecule has 0 bridgehead atoms. The van der Waals surface area contributed by atoms with Crippen molar-refractivity contribution in [1.29, 1.82) is 0 Å². The molecule has 1 unspecified atom stereocenters. The first-order chi connectivity index (χ1) is 8.80. The van der Waals surface area contributed by atoms with E-state index in [9.17, 15) is 4.79 Å². The molecule has 0 aromatic carbocycles. The van der Waals surface area contributed by atoms with E-state index in [0.29, 0.717) is 31.8 Å².